The second kappa shape index (κ2) is 6.72. The van der Waals surface area contributed by atoms with E-state index in [1.807, 2.05) is 0 Å². The topological polar surface area (TPSA) is 125 Å². The summed E-state index contributed by atoms with van der Waals surface area (Å²) in [5.41, 5.74) is 5.92. The number of methoxy groups -OCH3 is 1. The van der Waals surface area contributed by atoms with Crippen molar-refractivity contribution >= 4 is 23.9 Å². The zero-order valence-electron chi connectivity index (χ0n) is 17.0. The van der Waals surface area contributed by atoms with Gasteiger partial charge in [-0.05, 0) is 26.3 Å². The lowest BCUT2D eigenvalue weighted by molar-refractivity contribution is -0.146. The number of hydrogen-bond donors (Lipinski definition) is 1. The Balaban J connectivity index is 2.02. The largest absolute Gasteiger partial charge is 0.468 e. The second-order valence-electron chi connectivity index (χ2n) is 7.41. The number of fused-ring (bicyclic) bond motifs is 5. The van der Waals surface area contributed by atoms with Crippen molar-refractivity contribution in [1.29, 1.82) is 0 Å². The van der Waals surface area contributed by atoms with Crippen LogP contribution in [0, 0.1) is 0 Å². The van der Waals surface area contributed by atoms with E-state index in [9.17, 15) is 14.4 Å². The molecular formula is C21H21N3O6. The van der Waals surface area contributed by atoms with Gasteiger partial charge in [-0.15, -0.1) is 0 Å². The van der Waals surface area contributed by atoms with Gasteiger partial charge < -0.3 is 24.5 Å². The van der Waals surface area contributed by atoms with E-state index in [1.54, 1.807) is 45.0 Å². The van der Waals surface area contributed by atoms with E-state index in [0.717, 1.165) is 0 Å². The van der Waals surface area contributed by atoms with Crippen LogP contribution in [0.25, 0.3) is 11.3 Å². The molecule has 2 aromatic rings. The van der Waals surface area contributed by atoms with Crippen LogP contribution in [0.1, 0.15) is 32.0 Å². The Morgan fingerprint density at radius 3 is 2.67 bits per heavy atom. The van der Waals surface area contributed by atoms with Gasteiger partial charge in [-0.1, -0.05) is 24.3 Å². The molecule has 1 aliphatic heterocycles. The van der Waals surface area contributed by atoms with Crippen molar-refractivity contribution in [3.05, 3.63) is 46.8 Å². The predicted octanol–water partition coefficient (Wildman–Crippen LogP) is 1.76. The van der Waals surface area contributed by atoms with E-state index in [2.05, 4.69) is 4.98 Å². The normalized spacial score (nSPS) is 19.5. The predicted molar refractivity (Wildman–Crippen MR) is 105 cm³/mol. The van der Waals surface area contributed by atoms with E-state index in [4.69, 9.17) is 19.6 Å². The maximum Gasteiger partial charge on any atom is 0.337 e. The van der Waals surface area contributed by atoms with Crippen LogP contribution in [-0.4, -0.2) is 47.5 Å². The zero-order chi connectivity index (χ0) is 21.8. The third kappa shape index (κ3) is 2.47. The van der Waals surface area contributed by atoms with Crippen molar-refractivity contribution in [1.82, 2.24) is 9.88 Å². The van der Waals surface area contributed by atoms with Gasteiger partial charge in [0.05, 0.1) is 18.8 Å². The summed E-state index contributed by atoms with van der Waals surface area (Å²) in [5, 5.41) is 0. The van der Waals surface area contributed by atoms with Gasteiger partial charge in [-0.2, -0.15) is 4.98 Å². The van der Waals surface area contributed by atoms with Crippen LogP contribution in [0.5, 0.6) is 0 Å². The fourth-order valence-electron chi connectivity index (χ4n) is 4.20. The number of anilines is 1. The highest BCUT2D eigenvalue weighted by Crippen LogP contribution is 2.57. The Labute approximate surface area is 172 Å². The van der Waals surface area contributed by atoms with Crippen LogP contribution >= 0.6 is 0 Å². The van der Waals surface area contributed by atoms with E-state index in [1.165, 1.54) is 12.0 Å². The highest BCUT2D eigenvalue weighted by atomic mass is 16.5. The number of nitrogens with two attached hydrogens (primary N) is 1. The quantitative estimate of drug-likeness (QED) is 0.755. The van der Waals surface area contributed by atoms with Gasteiger partial charge in [0.25, 0.3) is 6.01 Å². The van der Waals surface area contributed by atoms with Crippen LogP contribution < -0.4 is 5.73 Å². The monoisotopic (exact) mass is 411 g/mol. The molecule has 0 saturated heterocycles. The molecule has 0 radical (unpaired) electrons. The zero-order valence-corrected chi connectivity index (χ0v) is 17.0. The SMILES string of the molecule is COC(=O)CN1C(=O)[C@@]2(C(C(=O)OC(C)C)=C1C)c1ccccc1-c1oc(N)nc12. The summed E-state index contributed by atoms with van der Waals surface area (Å²) in [5.74, 6) is -1.49. The van der Waals surface area contributed by atoms with Gasteiger partial charge in [0, 0.05) is 11.3 Å². The average molecular weight is 411 g/mol. The first-order chi connectivity index (χ1) is 14.2. The third-order valence-electron chi connectivity index (χ3n) is 5.34. The molecule has 1 spiro atoms. The molecule has 9 heteroatoms. The Hall–Kier alpha value is -3.62. The molecule has 0 fully saturated rings. The molecule has 156 valence electrons. The van der Waals surface area contributed by atoms with E-state index in [-0.39, 0.29) is 23.8 Å². The molecule has 2 aliphatic rings. The molecule has 30 heavy (non-hydrogen) atoms. The number of amides is 1. The Bertz CT molecular complexity index is 1120. The fourth-order valence-corrected chi connectivity index (χ4v) is 4.20. The number of aromatic nitrogens is 1. The Kier molecular flexibility index (Phi) is 4.41. The first-order valence-electron chi connectivity index (χ1n) is 9.41. The van der Waals surface area contributed by atoms with Crippen LogP contribution in [0.2, 0.25) is 0 Å². The first kappa shape index (κ1) is 19.7. The molecule has 2 heterocycles. The van der Waals surface area contributed by atoms with Gasteiger partial charge in [-0.25, -0.2) is 4.79 Å². The van der Waals surface area contributed by atoms with Crippen LogP contribution in [0.3, 0.4) is 0 Å². The van der Waals surface area contributed by atoms with Crippen molar-refractivity contribution < 1.29 is 28.3 Å². The van der Waals surface area contributed by atoms with Crippen molar-refractivity contribution in [3.8, 4) is 11.3 Å². The Morgan fingerprint density at radius 2 is 2.00 bits per heavy atom. The molecule has 0 bridgehead atoms. The summed E-state index contributed by atoms with van der Waals surface area (Å²) in [6.45, 7) is 4.67. The number of ether oxygens (including phenoxy) is 2. The molecular weight excluding hydrogens is 390 g/mol. The molecule has 1 aromatic heterocycles. The summed E-state index contributed by atoms with van der Waals surface area (Å²) in [6, 6.07) is 6.92. The number of nitrogen functional groups attached to an aromatic ring is 1. The minimum absolute atomic E-state index is 0.0876. The highest BCUT2D eigenvalue weighted by molar-refractivity contribution is 6.14. The molecule has 1 amide bonds. The molecule has 4 rings (SSSR count). The van der Waals surface area contributed by atoms with E-state index in [0.29, 0.717) is 22.6 Å². The van der Waals surface area contributed by atoms with Gasteiger partial charge in [0.15, 0.2) is 11.2 Å². The summed E-state index contributed by atoms with van der Waals surface area (Å²) >= 11 is 0. The van der Waals surface area contributed by atoms with Gasteiger partial charge in [0.1, 0.15) is 12.2 Å². The number of carbonyl (C=O) groups is 3. The minimum atomic E-state index is -1.61. The van der Waals surface area contributed by atoms with Crippen LogP contribution in [0.15, 0.2) is 40.0 Å². The standard InChI is InChI=1S/C21H21N3O6/c1-10(2)29-18(26)15-11(3)24(9-14(25)28-4)19(27)21(15)13-8-6-5-7-12(13)16-17(21)23-20(22)30-16/h5-8,10H,9H2,1-4H3,(H2,22,23)/t21-/m1/s1. The Morgan fingerprint density at radius 1 is 1.30 bits per heavy atom. The average Bonchev–Trinajstić information content (AvgIpc) is 3.27. The van der Waals surface area contributed by atoms with Crippen molar-refractivity contribution in [2.24, 2.45) is 0 Å². The second-order valence-corrected chi connectivity index (χ2v) is 7.41. The minimum Gasteiger partial charge on any atom is -0.468 e. The maximum atomic E-state index is 13.9. The van der Waals surface area contributed by atoms with E-state index >= 15 is 0 Å². The van der Waals surface area contributed by atoms with Crippen molar-refractivity contribution in [2.75, 3.05) is 19.4 Å². The molecule has 1 aromatic carbocycles. The number of allylic oxidation sites excluding steroid dienone is 1. The van der Waals surface area contributed by atoms with Crippen molar-refractivity contribution in [2.45, 2.75) is 32.3 Å². The van der Waals surface area contributed by atoms with Gasteiger partial charge in [-0.3, -0.25) is 9.59 Å². The lowest BCUT2D eigenvalue weighted by Gasteiger charge is -2.26. The summed E-state index contributed by atoms with van der Waals surface area (Å²) < 4.78 is 15.8. The number of esters is 2. The summed E-state index contributed by atoms with van der Waals surface area (Å²) in [7, 11) is 1.23. The van der Waals surface area contributed by atoms with Crippen molar-refractivity contribution in [3.63, 3.8) is 0 Å². The van der Waals surface area contributed by atoms with Gasteiger partial charge >= 0.3 is 11.9 Å². The summed E-state index contributed by atoms with van der Waals surface area (Å²) in [6.07, 6.45) is -0.418. The molecule has 0 saturated carbocycles. The van der Waals surface area contributed by atoms with Gasteiger partial charge in [0.2, 0.25) is 5.91 Å². The first-order valence-corrected chi connectivity index (χ1v) is 9.41. The number of benzene rings is 1. The lowest BCUT2D eigenvalue weighted by Crippen LogP contribution is -2.44. The number of nitrogens with zero attached hydrogens (tertiary/aromatic N) is 2. The lowest BCUT2D eigenvalue weighted by atomic mass is 9.74. The number of rotatable bonds is 4. The third-order valence-corrected chi connectivity index (χ3v) is 5.34. The molecule has 1 atom stereocenters. The highest BCUT2D eigenvalue weighted by Gasteiger charge is 2.63. The van der Waals surface area contributed by atoms with E-state index < -0.39 is 29.4 Å². The fraction of sp³-hybridized carbons (Fsp3) is 0.333. The summed E-state index contributed by atoms with van der Waals surface area (Å²) in [4.78, 5) is 44.6. The molecule has 9 nitrogen and oxygen atoms in total. The molecule has 1 aliphatic carbocycles. The number of oxazole rings is 1. The number of carbonyl (C=O) groups excluding carboxylic acids is 3. The van der Waals surface area contributed by atoms with Crippen LogP contribution in [0.4, 0.5) is 6.01 Å². The maximum absolute atomic E-state index is 13.9. The number of hydrogen-bond acceptors (Lipinski definition) is 8. The molecule has 2 N–H and O–H groups in total. The van der Waals surface area contributed by atoms with Crippen LogP contribution in [-0.2, 0) is 29.3 Å². The molecule has 0 unspecified atom stereocenters. The smallest absolute Gasteiger partial charge is 0.337 e.